The van der Waals surface area contributed by atoms with Gasteiger partial charge in [0.15, 0.2) is 0 Å². The van der Waals surface area contributed by atoms with Crippen LogP contribution in [-0.2, 0) is 9.59 Å². The molecule has 0 aliphatic heterocycles. The fraction of sp³-hybridized carbons (Fsp3) is 0.217. The van der Waals surface area contributed by atoms with E-state index in [9.17, 15) is 28.0 Å². The van der Waals surface area contributed by atoms with Gasteiger partial charge in [-0.25, -0.2) is 14.3 Å². The van der Waals surface area contributed by atoms with Gasteiger partial charge in [0.2, 0.25) is 5.91 Å². The van der Waals surface area contributed by atoms with E-state index in [0.717, 1.165) is 20.1 Å². The van der Waals surface area contributed by atoms with Gasteiger partial charge in [0, 0.05) is 29.2 Å². The fourth-order valence-electron chi connectivity index (χ4n) is 2.89. The van der Waals surface area contributed by atoms with Gasteiger partial charge < -0.3 is 10.6 Å². The minimum Gasteiger partial charge on any atom is -0.343 e. The maximum atomic E-state index is 13.7. The minimum atomic E-state index is -3.25. The number of hydrogen-bond donors (Lipinski definition) is 4. The number of alkyl halides is 2. The van der Waals surface area contributed by atoms with E-state index in [1.807, 2.05) is 5.32 Å². The number of hydrogen-bond acceptors (Lipinski definition) is 5. The van der Waals surface area contributed by atoms with E-state index in [0.29, 0.717) is 16.7 Å². The lowest BCUT2D eigenvalue weighted by molar-refractivity contribution is -0.137. The van der Waals surface area contributed by atoms with E-state index < -0.39 is 35.7 Å². The number of rotatable bonds is 7. The number of carbonyl (C=O) groups is 4. The van der Waals surface area contributed by atoms with Gasteiger partial charge in [-0.2, -0.15) is 0 Å². The number of aldehydes is 1. The lowest BCUT2D eigenvalue weighted by atomic mass is 9.91. The van der Waals surface area contributed by atoms with E-state index >= 15 is 0 Å². The lowest BCUT2D eigenvalue weighted by Gasteiger charge is -2.36. The molecular weight excluding hydrogens is 436 g/mol. The Morgan fingerprint density at radius 1 is 1.00 bits per heavy atom. The molecule has 0 heterocycles. The van der Waals surface area contributed by atoms with Crippen LogP contribution in [0.1, 0.15) is 45.7 Å². The van der Waals surface area contributed by atoms with Crippen LogP contribution in [0.5, 0.6) is 0 Å². The number of hydroxylamine groups is 1. The first-order valence-corrected chi connectivity index (χ1v) is 9.59. The van der Waals surface area contributed by atoms with Crippen LogP contribution in [0.2, 0.25) is 0 Å². The topological polar surface area (TPSA) is 125 Å². The van der Waals surface area contributed by atoms with Crippen LogP contribution in [0.25, 0.3) is 0 Å². The van der Waals surface area contributed by atoms with Crippen molar-refractivity contribution in [2.24, 2.45) is 0 Å². The highest BCUT2D eigenvalue weighted by Crippen LogP contribution is 2.21. The summed E-state index contributed by atoms with van der Waals surface area (Å²) in [6.45, 7) is 1.85. The van der Waals surface area contributed by atoms with E-state index in [1.165, 1.54) is 29.7 Å². The molecule has 0 fully saturated rings. The Hall–Kier alpha value is -4.10. The molecule has 172 valence electrons. The Balaban J connectivity index is 2.21. The van der Waals surface area contributed by atoms with Crippen LogP contribution >= 0.6 is 0 Å². The van der Waals surface area contributed by atoms with Crippen molar-refractivity contribution < 1.29 is 33.2 Å². The zero-order valence-electron chi connectivity index (χ0n) is 17.7. The average molecular weight is 457 g/mol. The van der Waals surface area contributed by atoms with Gasteiger partial charge in [-0.05, 0) is 43.3 Å². The van der Waals surface area contributed by atoms with E-state index in [-0.39, 0.29) is 5.56 Å². The van der Waals surface area contributed by atoms with E-state index in [2.05, 4.69) is 17.2 Å². The highest BCUT2D eigenvalue weighted by Gasteiger charge is 2.48. The summed E-state index contributed by atoms with van der Waals surface area (Å²) >= 11 is 0. The van der Waals surface area contributed by atoms with Crippen LogP contribution in [0.15, 0.2) is 48.5 Å². The zero-order valence-corrected chi connectivity index (χ0v) is 17.7. The first kappa shape index (κ1) is 25.2. The minimum absolute atomic E-state index is 0.0334. The highest BCUT2D eigenvalue weighted by atomic mass is 19.3. The summed E-state index contributed by atoms with van der Waals surface area (Å²) < 4.78 is 27.4. The molecule has 8 nitrogen and oxygen atoms in total. The van der Waals surface area contributed by atoms with Gasteiger partial charge in [-0.1, -0.05) is 24.0 Å². The number of amides is 3. The summed E-state index contributed by atoms with van der Waals surface area (Å²) in [5, 5.41) is 13.0. The molecule has 1 unspecified atom stereocenters. The largest absolute Gasteiger partial charge is 0.343 e. The van der Waals surface area contributed by atoms with Gasteiger partial charge >= 0.3 is 0 Å². The summed E-state index contributed by atoms with van der Waals surface area (Å²) in [6.07, 6.45) is -2.53. The molecule has 4 N–H and O–H groups in total. The monoisotopic (exact) mass is 457 g/mol. The molecule has 0 radical (unpaired) electrons. The molecule has 0 aromatic heterocycles. The van der Waals surface area contributed by atoms with Gasteiger partial charge in [0.05, 0.1) is 0 Å². The quantitative estimate of drug-likeness (QED) is 0.218. The molecule has 2 aromatic rings. The molecule has 2 rings (SSSR count). The smallest absolute Gasteiger partial charge is 0.268 e. The number of carbonyl (C=O) groups excluding carboxylic acids is 4. The molecular formula is C23H21F2N3O5. The normalized spacial score (nSPS) is 13.0. The molecule has 2 aromatic carbocycles. The summed E-state index contributed by atoms with van der Waals surface area (Å²) in [6, 6.07) is 10.4. The third-order valence-corrected chi connectivity index (χ3v) is 4.69. The van der Waals surface area contributed by atoms with Gasteiger partial charge in [-0.3, -0.25) is 24.4 Å². The van der Waals surface area contributed by atoms with Crippen molar-refractivity contribution in [2.45, 2.75) is 31.9 Å². The molecule has 0 saturated carbocycles. The summed E-state index contributed by atoms with van der Waals surface area (Å²) in [4.78, 5) is 46.7. The molecule has 0 spiro atoms. The third-order valence-electron chi connectivity index (χ3n) is 4.69. The Bertz CT molecular complexity index is 1090. The van der Waals surface area contributed by atoms with Crippen LogP contribution in [-0.4, -0.2) is 47.2 Å². The molecule has 0 aliphatic rings. The van der Waals surface area contributed by atoms with Crippen molar-refractivity contribution in [3.05, 3.63) is 70.8 Å². The molecule has 0 bridgehead atoms. The van der Waals surface area contributed by atoms with Crippen molar-refractivity contribution in [2.75, 3.05) is 0 Å². The van der Waals surface area contributed by atoms with Gasteiger partial charge in [-0.15, -0.1) is 0 Å². The number of halogens is 2. The summed E-state index contributed by atoms with van der Waals surface area (Å²) in [7, 11) is 0. The van der Waals surface area contributed by atoms with Crippen molar-refractivity contribution in [1.82, 2.24) is 16.1 Å². The van der Waals surface area contributed by atoms with Crippen LogP contribution < -0.4 is 16.1 Å². The second-order valence-corrected chi connectivity index (χ2v) is 7.21. The van der Waals surface area contributed by atoms with Crippen LogP contribution in [0.4, 0.5) is 8.78 Å². The third kappa shape index (κ3) is 6.44. The Kier molecular flexibility index (Phi) is 8.36. The second kappa shape index (κ2) is 11.0. The van der Waals surface area contributed by atoms with E-state index in [1.54, 1.807) is 24.3 Å². The predicted octanol–water partition coefficient (Wildman–Crippen LogP) is 1.66. The first-order valence-electron chi connectivity index (χ1n) is 9.59. The molecule has 0 saturated heterocycles. The molecule has 0 aliphatic carbocycles. The van der Waals surface area contributed by atoms with Gasteiger partial charge in [0.1, 0.15) is 17.9 Å². The van der Waals surface area contributed by atoms with Gasteiger partial charge in [0.25, 0.3) is 18.2 Å². The number of nitrogens with one attached hydrogen (secondary N) is 3. The van der Waals surface area contributed by atoms with Crippen molar-refractivity contribution in [1.29, 1.82) is 0 Å². The molecule has 3 amide bonds. The molecule has 10 heteroatoms. The Morgan fingerprint density at radius 3 is 1.94 bits per heavy atom. The fourth-order valence-corrected chi connectivity index (χ4v) is 2.89. The first-order chi connectivity index (χ1) is 15.6. The zero-order chi connectivity index (χ0) is 24.6. The summed E-state index contributed by atoms with van der Waals surface area (Å²) in [5.74, 6) is 2.71. The summed E-state index contributed by atoms with van der Waals surface area (Å²) in [5.41, 5.74) is 0.512. The number of benzene rings is 2. The van der Waals surface area contributed by atoms with Crippen LogP contribution in [0, 0.1) is 11.8 Å². The Morgan fingerprint density at radius 2 is 1.52 bits per heavy atom. The second-order valence-electron chi connectivity index (χ2n) is 7.21. The van der Waals surface area contributed by atoms with Crippen molar-refractivity contribution >= 4 is 24.0 Å². The van der Waals surface area contributed by atoms with Crippen LogP contribution in [0.3, 0.4) is 0 Å². The Labute approximate surface area is 188 Å². The molecule has 33 heavy (non-hydrogen) atoms. The standard InChI is InChI=1S/C23H21F2N3O5/c1-14(30)27-23(2,22(24)25)19(21(32)28-33)26-20(31)18-11-9-16(10-12-18)4-3-15-5-7-17(13-29)8-6-15/h5-13,19,22,33H,1-2H3,(H,26,31)(H,27,30)(H,28,32)/t19-,23?/m1/s1. The van der Waals surface area contributed by atoms with Crippen molar-refractivity contribution in [3.8, 4) is 11.8 Å². The van der Waals surface area contributed by atoms with Crippen molar-refractivity contribution in [3.63, 3.8) is 0 Å². The maximum absolute atomic E-state index is 13.7. The lowest BCUT2D eigenvalue weighted by Crippen LogP contribution is -2.68. The van der Waals surface area contributed by atoms with E-state index in [4.69, 9.17) is 5.21 Å². The maximum Gasteiger partial charge on any atom is 0.268 e. The molecule has 2 atom stereocenters. The SMILES string of the molecule is CC(=O)NC(C)(C(F)F)[C@H](NC(=O)c1ccc(C#Cc2ccc(C=O)cc2)cc1)C(=O)NO. The predicted molar refractivity (Wildman–Crippen MR) is 114 cm³/mol. The average Bonchev–Trinajstić information content (AvgIpc) is 2.80. The highest BCUT2D eigenvalue weighted by molar-refractivity contribution is 5.98.